The summed E-state index contributed by atoms with van der Waals surface area (Å²) in [7, 11) is 0. The van der Waals surface area contributed by atoms with Crippen LogP contribution in [0.4, 0.5) is 0 Å². The summed E-state index contributed by atoms with van der Waals surface area (Å²) >= 11 is 8.20. The van der Waals surface area contributed by atoms with Crippen molar-refractivity contribution in [3.63, 3.8) is 0 Å². The van der Waals surface area contributed by atoms with Gasteiger partial charge in [-0.1, -0.05) is 11.6 Å². The van der Waals surface area contributed by atoms with Crippen molar-refractivity contribution < 1.29 is 4.79 Å². The molecule has 0 N–H and O–H groups in total. The first-order valence-corrected chi connectivity index (χ1v) is 5.61. The molecular formula is C10H6ClIN2O. The van der Waals surface area contributed by atoms with Crippen molar-refractivity contribution in [3.8, 4) is 5.69 Å². The molecule has 15 heavy (non-hydrogen) atoms. The number of hydrogen-bond donors (Lipinski definition) is 0. The van der Waals surface area contributed by atoms with E-state index in [0.717, 1.165) is 15.5 Å². The summed E-state index contributed by atoms with van der Waals surface area (Å²) in [6, 6.07) is 5.11. The van der Waals surface area contributed by atoms with Gasteiger partial charge in [-0.15, -0.1) is 0 Å². The van der Waals surface area contributed by atoms with Crippen LogP contribution >= 0.6 is 34.2 Å². The standard InChI is InChI=1S/C10H6ClIN2O/c11-9-3-7(6-15)1-2-10(9)14-5-8(12)4-13-14/h1-6H. The van der Waals surface area contributed by atoms with Crippen LogP contribution in [0.1, 0.15) is 10.4 Å². The van der Waals surface area contributed by atoms with Gasteiger partial charge in [0.2, 0.25) is 0 Å². The van der Waals surface area contributed by atoms with E-state index in [2.05, 4.69) is 27.7 Å². The number of halogens is 2. The molecule has 0 fully saturated rings. The van der Waals surface area contributed by atoms with E-state index < -0.39 is 0 Å². The lowest BCUT2D eigenvalue weighted by atomic mass is 10.2. The maximum Gasteiger partial charge on any atom is 0.150 e. The predicted molar refractivity (Wildman–Crippen MR) is 66.7 cm³/mol. The molecule has 1 aromatic heterocycles. The van der Waals surface area contributed by atoms with Crippen LogP contribution < -0.4 is 0 Å². The summed E-state index contributed by atoms with van der Waals surface area (Å²) in [5, 5.41) is 4.65. The molecule has 0 amide bonds. The Kier molecular flexibility index (Phi) is 3.06. The van der Waals surface area contributed by atoms with Gasteiger partial charge in [-0.05, 0) is 40.8 Å². The lowest BCUT2D eigenvalue weighted by Gasteiger charge is -2.03. The molecular weight excluding hydrogens is 326 g/mol. The molecule has 2 aromatic rings. The first-order valence-electron chi connectivity index (χ1n) is 4.16. The van der Waals surface area contributed by atoms with Gasteiger partial charge >= 0.3 is 0 Å². The SMILES string of the molecule is O=Cc1ccc(-n2cc(I)cn2)c(Cl)c1. The second-order valence-electron chi connectivity index (χ2n) is 2.93. The highest BCUT2D eigenvalue weighted by molar-refractivity contribution is 14.1. The van der Waals surface area contributed by atoms with Crippen LogP contribution in [0.15, 0.2) is 30.6 Å². The van der Waals surface area contributed by atoms with E-state index in [9.17, 15) is 4.79 Å². The van der Waals surface area contributed by atoms with Gasteiger partial charge in [-0.2, -0.15) is 5.10 Å². The average Bonchev–Trinajstić information content (AvgIpc) is 2.64. The number of carbonyl (C=O) groups is 1. The van der Waals surface area contributed by atoms with Crippen molar-refractivity contribution in [1.29, 1.82) is 0 Å². The zero-order chi connectivity index (χ0) is 10.8. The highest BCUT2D eigenvalue weighted by atomic mass is 127. The molecule has 0 aliphatic heterocycles. The van der Waals surface area contributed by atoms with E-state index in [-0.39, 0.29) is 0 Å². The van der Waals surface area contributed by atoms with E-state index in [1.54, 1.807) is 29.1 Å². The zero-order valence-electron chi connectivity index (χ0n) is 7.52. The molecule has 3 nitrogen and oxygen atoms in total. The predicted octanol–water partition coefficient (Wildman–Crippen LogP) is 2.94. The van der Waals surface area contributed by atoms with E-state index in [1.807, 2.05) is 6.20 Å². The number of aromatic nitrogens is 2. The van der Waals surface area contributed by atoms with Gasteiger partial charge in [-0.25, -0.2) is 4.68 Å². The van der Waals surface area contributed by atoms with Gasteiger partial charge in [0.25, 0.3) is 0 Å². The Hall–Kier alpha value is -0.880. The van der Waals surface area contributed by atoms with Crippen LogP contribution in [0.25, 0.3) is 5.69 Å². The smallest absolute Gasteiger partial charge is 0.150 e. The maximum atomic E-state index is 10.5. The molecule has 0 unspecified atom stereocenters. The molecule has 0 bridgehead atoms. The molecule has 0 saturated carbocycles. The summed E-state index contributed by atoms with van der Waals surface area (Å²) in [6.07, 6.45) is 4.37. The van der Waals surface area contributed by atoms with Crippen molar-refractivity contribution >= 4 is 40.5 Å². The quantitative estimate of drug-likeness (QED) is 0.626. The van der Waals surface area contributed by atoms with Gasteiger partial charge in [0.05, 0.1) is 20.5 Å². The van der Waals surface area contributed by atoms with E-state index in [0.29, 0.717) is 10.6 Å². The minimum atomic E-state index is 0.513. The molecule has 1 aromatic carbocycles. The van der Waals surface area contributed by atoms with E-state index in [1.165, 1.54) is 0 Å². The summed E-state index contributed by atoms with van der Waals surface area (Å²) in [4.78, 5) is 10.5. The molecule has 0 radical (unpaired) electrons. The molecule has 5 heteroatoms. The molecule has 0 aliphatic rings. The van der Waals surface area contributed by atoms with Crippen LogP contribution in [0.2, 0.25) is 5.02 Å². The van der Waals surface area contributed by atoms with Crippen molar-refractivity contribution in [3.05, 3.63) is 44.7 Å². The Morgan fingerprint density at radius 2 is 2.27 bits per heavy atom. The second-order valence-corrected chi connectivity index (χ2v) is 4.58. The van der Waals surface area contributed by atoms with Crippen molar-refractivity contribution in [2.75, 3.05) is 0 Å². The topological polar surface area (TPSA) is 34.9 Å². The molecule has 1 heterocycles. The number of rotatable bonds is 2. The lowest BCUT2D eigenvalue weighted by molar-refractivity contribution is 0.112. The minimum absolute atomic E-state index is 0.513. The van der Waals surface area contributed by atoms with Crippen LogP contribution in [-0.2, 0) is 0 Å². The van der Waals surface area contributed by atoms with E-state index >= 15 is 0 Å². The third kappa shape index (κ3) is 2.21. The Morgan fingerprint density at radius 3 is 2.80 bits per heavy atom. The van der Waals surface area contributed by atoms with Crippen molar-refractivity contribution in [2.45, 2.75) is 0 Å². The first-order chi connectivity index (χ1) is 7.20. The normalized spacial score (nSPS) is 10.3. The third-order valence-corrected chi connectivity index (χ3v) is 2.77. The molecule has 2 rings (SSSR count). The Balaban J connectivity index is 2.49. The Morgan fingerprint density at radius 1 is 1.47 bits per heavy atom. The molecule has 0 saturated heterocycles. The first kappa shape index (κ1) is 10.6. The second kappa shape index (κ2) is 4.32. The van der Waals surface area contributed by atoms with E-state index in [4.69, 9.17) is 11.6 Å². The number of hydrogen-bond acceptors (Lipinski definition) is 2. The molecule has 0 spiro atoms. The highest BCUT2D eigenvalue weighted by Crippen LogP contribution is 2.21. The molecule has 76 valence electrons. The van der Waals surface area contributed by atoms with Crippen LogP contribution in [0.3, 0.4) is 0 Å². The fraction of sp³-hybridized carbons (Fsp3) is 0. The average molecular weight is 333 g/mol. The Bertz CT molecular complexity index is 510. The van der Waals surface area contributed by atoms with Gasteiger partial charge in [0.1, 0.15) is 6.29 Å². The largest absolute Gasteiger partial charge is 0.298 e. The van der Waals surface area contributed by atoms with Crippen LogP contribution in [-0.4, -0.2) is 16.1 Å². The summed E-state index contributed by atoms with van der Waals surface area (Å²) < 4.78 is 2.71. The van der Waals surface area contributed by atoms with Crippen molar-refractivity contribution in [2.24, 2.45) is 0 Å². The zero-order valence-corrected chi connectivity index (χ0v) is 10.4. The summed E-state index contributed by atoms with van der Waals surface area (Å²) in [5.41, 5.74) is 1.33. The van der Waals surface area contributed by atoms with Crippen LogP contribution in [0, 0.1) is 3.57 Å². The van der Waals surface area contributed by atoms with Crippen molar-refractivity contribution in [1.82, 2.24) is 9.78 Å². The highest BCUT2D eigenvalue weighted by Gasteiger charge is 2.04. The maximum absolute atomic E-state index is 10.5. The summed E-state index contributed by atoms with van der Waals surface area (Å²) in [6.45, 7) is 0. The number of aldehydes is 1. The number of carbonyl (C=O) groups excluding carboxylic acids is 1. The van der Waals surface area contributed by atoms with Gasteiger partial charge in [0.15, 0.2) is 0 Å². The Labute approximate surface area is 105 Å². The number of nitrogens with zero attached hydrogens (tertiary/aromatic N) is 2. The monoisotopic (exact) mass is 332 g/mol. The fourth-order valence-electron chi connectivity index (χ4n) is 1.21. The number of benzene rings is 1. The lowest BCUT2D eigenvalue weighted by Crippen LogP contribution is -1.95. The minimum Gasteiger partial charge on any atom is -0.298 e. The van der Waals surface area contributed by atoms with Gasteiger partial charge in [0, 0.05) is 11.8 Å². The van der Waals surface area contributed by atoms with Gasteiger partial charge < -0.3 is 0 Å². The summed E-state index contributed by atoms with van der Waals surface area (Å²) in [5.74, 6) is 0. The third-order valence-electron chi connectivity index (χ3n) is 1.91. The molecule has 0 aliphatic carbocycles. The molecule has 0 atom stereocenters. The van der Waals surface area contributed by atoms with Crippen LogP contribution in [0.5, 0.6) is 0 Å². The van der Waals surface area contributed by atoms with Gasteiger partial charge in [-0.3, -0.25) is 4.79 Å². The fourth-order valence-corrected chi connectivity index (χ4v) is 1.88.